The number of hydrogen-bond donors (Lipinski definition) is 2. The maximum Gasteiger partial charge on any atom is 0.407 e. The molecule has 1 aliphatic heterocycles. The van der Waals surface area contributed by atoms with E-state index in [1.54, 1.807) is 6.07 Å². The van der Waals surface area contributed by atoms with Crippen molar-refractivity contribution in [3.8, 4) is 28.5 Å². The maximum atomic E-state index is 13.3. The van der Waals surface area contributed by atoms with Crippen LogP contribution in [0.1, 0.15) is 16.9 Å². The molecule has 0 bridgehead atoms. The maximum absolute atomic E-state index is 13.3. The van der Waals surface area contributed by atoms with E-state index < -0.39 is 23.9 Å². The predicted octanol–water partition coefficient (Wildman–Crippen LogP) is 3.25. The minimum absolute atomic E-state index is 0.127. The van der Waals surface area contributed by atoms with Crippen molar-refractivity contribution in [2.75, 3.05) is 26.2 Å². The van der Waals surface area contributed by atoms with E-state index in [9.17, 15) is 19.6 Å². The lowest BCUT2D eigenvalue weighted by Crippen LogP contribution is -2.55. The molecule has 1 saturated heterocycles. The number of aromatic nitrogens is 1. The molecule has 9 heteroatoms. The van der Waals surface area contributed by atoms with E-state index in [1.165, 1.54) is 9.80 Å². The number of carbonyl (C=O) groups is 3. The van der Waals surface area contributed by atoms with Gasteiger partial charge >= 0.3 is 6.09 Å². The Morgan fingerprint density at radius 1 is 0.889 bits per heavy atom. The predicted molar refractivity (Wildman–Crippen MR) is 133 cm³/mol. The largest absolute Gasteiger partial charge is 0.465 e. The Hall–Kier alpha value is -4.71. The molecule has 0 spiro atoms. The van der Waals surface area contributed by atoms with Crippen LogP contribution in [-0.4, -0.2) is 70.0 Å². The topological polar surface area (TPSA) is 127 Å². The second-order valence-electron chi connectivity index (χ2n) is 8.34. The van der Waals surface area contributed by atoms with Crippen molar-refractivity contribution in [3.05, 3.63) is 78.5 Å². The summed E-state index contributed by atoms with van der Waals surface area (Å²) in [5.74, 6) is -0.986. The molecule has 2 aromatic carbocycles. The first-order valence-corrected chi connectivity index (χ1v) is 11.5. The number of piperazine rings is 1. The highest BCUT2D eigenvalue weighted by molar-refractivity contribution is 5.97. The average Bonchev–Trinajstić information content (AvgIpc) is 2.93. The molecule has 4 rings (SSSR count). The minimum atomic E-state index is -1.07. The molecule has 1 fully saturated rings. The summed E-state index contributed by atoms with van der Waals surface area (Å²) in [6.45, 7) is 0.746. The fourth-order valence-corrected chi connectivity index (χ4v) is 4.06. The van der Waals surface area contributed by atoms with Gasteiger partial charge < -0.3 is 20.2 Å². The molecule has 3 aromatic rings. The van der Waals surface area contributed by atoms with Crippen LogP contribution < -0.4 is 5.32 Å². The van der Waals surface area contributed by atoms with E-state index in [0.29, 0.717) is 5.69 Å². The lowest BCUT2D eigenvalue weighted by atomic mass is 10.0. The molecule has 0 unspecified atom stereocenters. The van der Waals surface area contributed by atoms with E-state index in [-0.39, 0.29) is 38.3 Å². The summed E-state index contributed by atoms with van der Waals surface area (Å²) in [4.78, 5) is 44.8. The molecule has 2 N–H and O–H groups in total. The Labute approximate surface area is 208 Å². The van der Waals surface area contributed by atoms with Crippen LogP contribution in [0.15, 0.2) is 72.8 Å². The van der Waals surface area contributed by atoms with Crippen molar-refractivity contribution in [2.45, 2.75) is 12.5 Å². The van der Waals surface area contributed by atoms with Gasteiger partial charge in [-0.1, -0.05) is 60.7 Å². The van der Waals surface area contributed by atoms with Crippen LogP contribution in [0, 0.1) is 11.3 Å². The number of nitrogens with one attached hydrogen (secondary N) is 1. The molecule has 0 aliphatic carbocycles. The first-order valence-electron chi connectivity index (χ1n) is 11.5. The van der Waals surface area contributed by atoms with Crippen molar-refractivity contribution in [3.63, 3.8) is 0 Å². The van der Waals surface area contributed by atoms with Crippen molar-refractivity contribution in [2.24, 2.45) is 0 Å². The quantitative estimate of drug-likeness (QED) is 0.554. The number of rotatable bonds is 6. The SMILES string of the molecule is N#CC[C@H](NC(=O)c1cc(-c2ccccc2)cc(-c2ccccc2)n1)C(=O)N1CCN(C(=O)O)CC1. The third-order valence-corrected chi connectivity index (χ3v) is 6.00. The van der Waals surface area contributed by atoms with Crippen LogP contribution in [0.3, 0.4) is 0 Å². The van der Waals surface area contributed by atoms with Crippen molar-refractivity contribution in [1.82, 2.24) is 20.1 Å². The fourth-order valence-electron chi connectivity index (χ4n) is 4.06. The Bertz CT molecular complexity index is 1220. The first-order chi connectivity index (χ1) is 17.5. The minimum Gasteiger partial charge on any atom is -0.465 e. The van der Waals surface area contributed by atoms with Gasteiger partial charge in [0.05, 0.1) is 18.2 Å². The van der Waals surface area contributed by atoms with Gasteiger partial charge in [0.15, 0.2) is 0 Å². The summed E-state index contributed by atoms with van der Waals surface area (Å²) in [7, 11) is 0. The Morgan fingerprint density at radius 2 is 1.47 bits per heavy atom. The van der Waals surface area contributed by atoms with Crippen LogP contribution in [0.25, 0.3) is 22.4 Å². The van der Waals surface area contributed by atoms with Gasteiger partial charge in [0.1, 0.15) is 11.7 Å². The van der Waals surface area contributed by atoms with Crippen LogP contribution in [-0.2, 0) is 4.79 Å². The number of nitrogens with zero attached hydrogens (tertiary/aromatic N) is 4. The van der Waals surface area contributed by atoms with Gasteiger partial charge in [-0.15, -0.1) is 0 Å². The highest BCUT2D eigenvalue weighted by Crippen LogP contribution is 2.26. The summed E-state index contributed by atoms with van der Waals surface area (Å²) in [6, 6.07) is 23.5. The van der Waals surface area contributed by atoms with Crippen LogP contribution in [0.4, 0.5) is 4.79 Å². The molecule has 0 radical (unpaired) electrons. The van der Waals surface area contributed by atoms with Gasteiger partial charge in [-0.3, -0.25) is 9.59 Å². The standard InChI is InChI=1S/C27H25N5O4/c28-12-11-22(26(34)31-13-15-32(16-14-31)27(35)36)30-25(33)24-18-21(19-7-3-1-4-8-19)17-23(29-24)20-9-5-2-6-10-20/h1-10,17-18,22H,11,13-16H2,(H,30,33)(H,35,36)/t22-/m0/s1. The molecule has 36 heavy (non-hydrogen) atoms. The normalized spacial score (nSPS) is 14.0. The van der Waals surface area contributed by atoms with Crippen LogP contribution in [0.2, 0.25) is 0 Å². The molecule has 1 aromatic heterocycles. The van der Waals surface area contributed by atoms with Gasteiger partial charge in [0.2, 0.25) is 5.91 Å². The number of benzene rings is 2. The van der Waals surface area contributed by atoms with Crippen molar-refractivity contribution >= 4 is 17.9 Å². The first kappa shape index (κ1) is 24.4. The molecular weight excluding hydrogens is 458 g/mol. The highest BCUT2D eigenvalue weighted by atomic mass is 16.4. The number of carboxylic acid groups (broad SMARTS) is 1. The second-order valence-corrected chi connectivity index (χ2v) is 8.34. The van der Waals surface area contributed by atoms with Crippen molar-refractivity contribution in [1.29, 1.82) is 5.26 Å². The molecule has 1 atom stereocenters. The number of carbonyl (C=O) groups excluding carboxylic acids is 2. The molecule has 0 saturated carbocycles. The number of amides is 3. The van der Waals surface area contributed by atoms with E-state index in [0.717, 1.165) is 16.7 Å². The van der Waals surface area contributed by atoms with Gasteiger partial charge in [-0.05, 0) is 23.3 Å². The van der Waals surface area contributed by atoms with E-state index in [2.05, 4.69) is 10.3 Å². The molecular formula is C27H25N5O4. The lowest BCUT2D eigenvalue weighted by molar-refractivity contribution is -0.134. The molecule has 9 nitrogen and oxygen atoms in total. The third-order valence-electron chi connectivity index (χ3n) is 6.00. The highest BCUT2D eigenvalue weighted by Gasteiger charge is 2.30. The molecule has 3 amide bonds. The van der Waals surface area contributed by atoms with Crippen LogP contribution >= 0.6 is 0 Å². The van der Waals surface area contributed by atoms with Gasteiger partial charge in [-0.25, -0.2) is 9.78 Å². The van der Waals surface area contributed by atoms with Gasteiger partial charge in [-0.2, -0.15) is 5.26 Å². The van der Waals surface area contributed by atoms with E-state index in [4.69, 9.17) is 5.11 Å². The number of nitriles is 1. The fraction of sp³-hybridized carbons (Fsp3) is 0.222. The lowest BCUT2D eigenvalue weighted by Gasteiger charge is -2.34. The summed E-state index contributed by atoms with van der Waals surface area (Å²) in [6.07, 6.45) is -1.25. The monoisotopic (exact) mass is 483 g/mol. The zero-order valence-electron chi connectivity index (χ0n) is 19.5. The number of pyridine rings is 1. The smallest absolute Gasteiger partial charge is 0.407 e. The Kier molecular flexibility index (Phi) is 7.56. The Morgan fingerprint density at radius 3 is 2.06 bits per heavy atom. The molecule has 2 heterocycles. The van der Waals surface area contributed by atoms with E-state index in [1.807, 2.05) is 72.8 Å². The van der Waals surface area contributed by atoms with Gasteiger partial charge in [0.25, 0.3) is 5.91 Å². The Balaban J connectivity index is 1.59. The van der Waals surface area contributed by atoms with Gasteiger partial charge in [0, 0.05) is 31.7 Å². The summed E-state index contributed by atoms with van der Waals surface area (Å²) in [5, 5.41) is 21.1. The average molecular weight is 484 g/mol. The third kappa shape index (κ3) is 5.67. The molecule has 1 aliphatic rings. The van der Waals surface area contributed by atoms with E-state index >= 15 is 0 Å². The summed E-state index contributed by atoms with van der Waals surface area (Å²) < 4.78 is 0. The summed E-state index contributed by atoms with van der Waals surface area (Å²) in [5.41, 5.74) is 3.27. The second kappa shape index (κ2) is 11.1. The molecule has 182 valence electrons. The number of hydrogen-bond acceptors (Lipinski definition) is 5. The zero-order chi connectivity index (χ0) is 25.5. The zero-order valence-corrected chi connectivity index (χ0v) is 19.5. The van der Waals surface area contributed by atoms with Crippen LogP contribution in [0.5, 0.6) is 0 Å². The summed E-state index contributed by atoms with van der Waals surface area (Å²) >= 11 is 0. The van der Waals surface area contributed by atoms with Crippen molar-refractivity contribution < 1.29 is 19.5 Å².